The summed E-state index contributed by atoms with van der Waals surface area (Å²) in [5, 5.41) is 8.79. The summed E-state index contributed by atoms with van der Waals surface area (Å²) in [5.41, 5.74) is 0. The molecule has 0 bridgehead atoms. The maximum absolute atomic E-state index is 13.3. The topological polar surface area (TPSA) is 74.7 Å². The van der Waals surface area contributed by atoms with Crippen molar-refractivity contribution in [3.05, 3.63) is 21.9 Å². The highest BCUT2D eigenvalue weighted by molar-refractivity contribution is 7.13. The van der Waals surface area contributed by atoms with E-state index in [0.29, 0.717) is 19.1 Å². The highest BCUT2D eigenvalue weighted by atomic mass is 32.1. The van der Waals surface area contributed by atoms with E-state index >= 15 is 0 Å². The molecule has 1 aromatic rings. The summed E-state index contributed by atoms with van der Waals surface area (Å²) in [6.45, 7) is 0.0537. The second kappa shape index (κ2) is 5.88. The zero-order chi connectivity index (χ0) is 15.6. The van der Waals surface area contributed by atoms with Gasteiger partial charge in [0.15, 0.2) is 0 Å². The molecule has 1 aromatic heterocycles. The van der Waals surface area contributed by atoms with E-state index in [9.17, 15) is 23.2 Å². The predicted molar refractivity (Wildman–Crippen MR) is 70.7 cm³/mol. The van der Waals surface area contributed by atoms with Crippen LogP contribution >= 0.6 is 11.3 Å². The van der Waals surface area contributed by atoms with E-state index in [2.05, 4.69) is 0 Å². The lowest BCUT2D eigenvalue weighted by molar-refractivity contribution is -0.148. The number of rotatable bonds is 6. The molecule has 2 rings (SSSR count). The number of hydrogen-bond acceptors (Lipinski definition) is 4. The van der Waals surface area contributed by atoms with Crippen molar-refractivity contribution in [2.24, 2.45) is 0 Å². The monoisotopic (exact) mass is 317 g/mol. The fraction of sp³-hybridized carbons (Fsp3) is 0.462. The van der Waals surface area contributed by atoms with E-state index in [1.165, 1.54) is 6.07 Å². The van der Waals surface area contributed by atoms with Crippen LogP contribution in [0.1, 0.15) is 27.4 Å². The maximum atomic E-state index is 13.3. The third kappa shape index (κ3) is 3.26. The zero-order valence-corrected chi connectivity index (χ0v) is 11.7. The quantitative estimate of drug-likeness (QED) is 0.812. The fourth-order valence-corrected chi connectivity index (χ4v) is 3.15. The zero-order valence-electron chi connectivity index (χ0n) is 10.9. The fourth-order valence-electron chi connectivity index (χ4n) is 2.26. The number of carbonyl (C=O) groups excluding carboxylic acids is 2. The smallest absolute Gasteiger partial charge is 0.345 e. The summed E-state index contributed by atoms with van der Waals surface area (Å²) >= 11 is 1.11. The molecule has 0 saturated carbocycles. The van der Waals surface area contributed by atoms with Crippen LogP contribution in [0.4, 0.5) is 8.78 Å². The average Bonchev–Trinajstić information content (AvgIpc) is 2.97. The Hall–Kier alpha value is -1.83. The van der Waals surface area contributed by atoms with Crippen molar-refractivity contribution in [3.8, 4) is 0 Å². The van der Waals surface area contributed by atoms with Crippen molar-refractivity contribution >= 4 is 29.5 Å². The number of aryl methyl sites for hydroxylation is 1. The second-order valence-electron chi connectivity index (χ2n) is 4.79. The third-order valence-corrected chi connectivity index (χ3v) is 4.42. The van der Waals surface area contributed by atoms with Crippen molar-refractivity contribution in [3.63, 3.8) is 0 Å². The van der Waals surface area contributed by atoms with Crippen LogP contribution in [0.2, 0.25) is 0 Å². The minimum atomic E-state index is -3.47. The molecule has 1 unspecified atom stereocenters. The number of aromatic carboxylic acids is 1. The molecule has 1 atom stereocenters. The number of amides is 1. The Morgan fingerprint density at radius 1 is 1.52 bits per heavy atom. The number of carboxylic acids is 1. The minimum Gasteiger partial charge on any atom is -0.477 e. The highest BCUT2D eigenvalue weighted by Gasteiger charge is 2.52. The summed E-state index contributed by atoms with van der Waals surface area (Å²) in [4.78, 5) is 34.9. The van der Waals surface area contributed by atoms with E-state index in [1.54, 1.807) is 6.07 Å². The lowest BCUT2D eigenvalue weighted by atomic mass is 10.2. The number of hydrogen-bond donors (Lipinski definition) is 1. The molecule has 2 heterocycles. The highest BCUT2D eigenvalue weighted by Crippen LogP contribution is 2.32. The largest absolute Gasteiger partial charge is 0.477 e. The Morgan fingerprint density at radius 3 is 2.81 bits per heavy atom. The molecule has 1 aliphatic rings. The van der Waals surface area contributed by atoms with Crippen LogP contribution < -0.4 is 0 Å². The Bertz CT molecular complexity index is 572. The molecule has 0 aromatic carbocycles. The van der Waals surface area contributed by atoms with Gasteiger partial charge in [-0.3, -0.25) is 4.79 Å². The van der Waals surface area contributed by atoms with Gasteiger partial charge in [-0.25, -0.2) is 4.79 Å². The lowest BCUT2D eigenvalue weighted by Crippen LogP contribution is -2.37. The van der Waals surface area contributed by atoms with Gasteiger partial charge in [0.1, 0.15) is 11.2 Å². The number of alkyl halides is 2. The number of nitrogens with zero attached hydrogens (tertiary/aromatic N) is 1. The van der Waals surface area contributed by atoms with Crippen LogP contribution in [-0.2, 0) is 16.0 Å². The summed E-state index contributed by atoms with van der Waals surface area (Å²) in [7, 11) is 0. The van der Waals surface area contributed by atoms with E-state index < -0.39 is 30.3 Å². The summed E-state index contributed by atoms with van der Waals surface area (Å²) in [5.74, 6) is -5.79. The molecule has 1 N–H and O–H groups in total. The van der Waals surface area contributed by atoms with Crippen LogP contribution in [0, 0.1) is 0 Å². The molecule has 0 spiro atoms. The van der Waals surface area contributed by atoms with Gasteiger partial charge in [0.25, 0.3) is 5.91 Å². The molecule has 21 heavy (non-hydrogen) atoms. The molecule has 1 fully saturated rings. The van der Waals surface area contributed by atoms with Gasteiger partial charge in [0, 0.05) is 17.8 Å². The molecule has 1 amide bonds. The van der Waals surface area contributed by atoms with Gasteiger partial charge >= 0.3 is 11.9 Å². The number of carboxylic acid groups (broad SMARTS) is 1. The van der Waals surface area contributed by atoms with Gasteiger partial charge in [-0.15, -0.1) is 11.3 Å². The first-order valence-electron chi connectivity index (χ1n) is 6.31. The standard InChI is InChI=1S/C13H13F2NO4S/c14-13(15)6-8(7-17)16(12(13)20)5-1-2-9-3-4-10(21-9)11(18)19/h3-4,7-8H,1-2,5-6H2,(H,18,19). The third-order valence-electron chi connectivity index (χ3n) is 3.29. The first-order valence-corrected chi connectivity index (χ1v) is 7.13. The average molecular weight is 317 g/mol. The van der Waals surface area contributed by atoms with Gasteiger partial charge in [-0.1, -0.05) is 0 Å². The van der Waals surface area contributed by atoms with Crippen LogP contribution in [0.3, 0.4) is 0 Å². The van der Waals surface area contributed by atoms with Crippen molar-refractivity contribution in [2.45, 2.75) is 31.2 Å². The van der Waals surface area contributed by atoms with Crippen LogP contribution in [0.25, 0.3) is 0 Å². The van der Waals surface area contributed by atoms with Crippen molar-refractivity contribution in [2.75, 3.05) is 6.54 Å². The van der Waals surface area contributed by atoms with E-state index in [1.807, 2.05) is 0 Å². The second-order valence-corrected chi connectivity index (χ2v) is 5.95. The first-order chi connectivity index (χ1) is 9.85. The molecule has 114 valence electrons. The Labute approximate surface area is 123 Å². The van der Waals surface area contributed by atoms with Gasteiger partial charge in [0.05, 0.1) is 6.04 Å². The normalized spacial score (nSPS) is 20.8. The van der Waals surface area contributed by atoms with Crippen molar-refractivity contribution < 1.29 is 28.3 Å². The van der Waals surface area contributed by atoms with Crippen LogP contribution in [-0.4, -0.2) is 46.7 Å². The van der Waals surface area contributed by atoms with Gasteiger partial charge in [-0.05, 0) is 25.0 Å². The lowest BCUT2D eigenvalue weighted by Gasteiger charge is -2.19. The number of carbonyl (C=O) groups is 3. The van der Waals surface area contributed by atoms with Crippen molar-refractivity contribution in [1.29, 1.82) is 0 Å². The maximum Gasteiger partial charge on any atom is 0.345 e. The molecule has 1 aliphatic heterocycles. The van der Waals surface area contributed by atoms with Crippen LogP contribution in [0.15, 0.2) is 12.1 Å². The number of likely N-dealkylation sites (tertiary alicyclic amines) is 1. The van der Waals surface area contributed by atoms with Gasteiger partial charge < -0.3 is 14.8 Å². The number of thiophene rings is 1. The number of aldehydes is 1. The molecule has 1 saturated heterocycles. The summed E-state index contributed by atoms with van der Waals surface area (Å²) < 4.78 is 26.5. The van der Waals surface area contributed by atoms with Crippen LogP contribution in [0.5, 0.6) is 0 Å². The Balaban J connectivity index is 1.91. The molecule has 0 aliphatic carbocycles. The summed E-state index contributed by atoms with van der Waals surface area (Å²) in [6.07, 6.45) is 0.467. The Morgan fingerprint density at radius 2 is 2.24 bits per heavy atom. The van der Waals surface area contributed by atoms with Gasteiger partial charge in [-0.2, -0.15) is 8.78 Å². The van der Waals surface area contributed by atoms with Gasteiger partial charge in [0.2, 0.25) is 0 Å². The Kier molecular flexibility index (Phi) is 4.36. The van der Waals surface area contributed by atoms with E-state index in [0.717, 1.165) is 21.1 Å². The molecular formula is C13H13F2NO4S. The minimum absolute atomic E-state index is 0.0537. The predicted octanol–water partition coefficient (Wildman–Crippen LogP) is 1.81. The van der Waals surface area contributed by atoms with E-state index in [-0.39, 0.29) is 11.4 Å². The molecule has 8 heteroatoms. The molecule has 0 radical (unpaired) electrons. The SMILES string of the molecule is O=CC1CC(F)(F)C(=O)N1CCCc1ccc(C(=O)O)s1. The first kappa shape index (κ1) is 15.6. The van der Waals surface area contributed by atoms with E-state index in [4.69, 9.17) is 5.11 Å². The molecule has 5 nitrogen and oxygen atoms in total. The number of halogens is 2. The summed E-state index contributed by atoms with van der Waals surface area (Å²) in [6, 6.07) is 2.06. The molecular weight excluding hydrogens is 304 g/mol. The van der Waals surface area contributed by atoms with Crippen molar-refractivity contribution in [1.82, 2.24) is 4.90 Å².